The third-order valence-electron chi connectivity index (χ3n) is 5.97. The molecule has 0 spiro atoms. The van der Waals surface area contributed by atoms with Crippen molar-refractivity contribution in [3.8, 4) is 17.6 Å². The summed E-state index contributed by atoms with van der Waals surface area (Å²) in [6.45, 7) is 6.35. The molecule has 0 unspecified atom stereocenters. The van der Waals surface area contributed by atoms with Gasteiger partial charge in [0, 0.05) is 18.2 Å². The van der Waals surface area contributed by atoms with Gasteiger partial charge in [-0.15, -0.1) is 6.58 Å². The molecule has 0 radical (unpaired) electrons. The molecule has 1 aliphatic rings. The van der Waals surface area contributed by atoms with Crippen molar-refractivity contribution in [2.45, 2.75) is 20.0 Å². The Morgan fingerprint density at radius 3 is 2.58 bits per heavy atom. The van der Waals surface area contributed by atoms with Crippen molar-refractivity contribution in [3.05, 3.63) is 106 Å². The molecule has 0 aliphatic carbocycles. The van der Waals surface area contributed by atoms with E-state index in [9.17, 15) is 14.9 Å². The molecule has 40 heavy (non-hydrogen) atoms. The van der Waals surface area contributed by atoms with Crippen molar-refractivity contribution in [1.29, 1.82) is 5.26 Å². The van der Waals surface area contributed by atoms with Gasteiger partial charge in [-0.3, -0.25) is 9.69 Å². The van der Waals surface area contributed by atoms with Gasteiger partial charge < -0.3 is 14.6 Å². The van der Waals surface area contributed by atoms with Crippen LogP contribution in [0.2, 0.25) is 0 Å². The van der Waals surface area contributed by atoms with Crippen LogP contribution in [0, 0.1) is 11.3 Å². The molecule has 4 rings (SSSR count). The summed E-state index contributed by atoms with van der Waals surface area (Å²) in [6, 6.07) is 19.3. The summed E-state index contributed by atoms with van der Waals surface area (Å²) in [7, 11) is 1.64. The highest BCUT2D eigenvalue weighted by Gasteiger charge is 2.30. The van der Waals surface area contributed by atoms with Gasteiger partial charge in [0.1, 0.15) is 6.61 Å². The molecule has 1 aliphatic heterocycles. The van der Waals surface area contributed by atoms with Crippen LogP contribution in [0.15, 0.2) is 83.2 Å². The fourth-order valence-corrected chi connectivity index (χ4v) is 4.98. The first-order valence-corrected chi connectivity index (χ1v) is 13.3. The second-order valence-electron chi connectivity index (χ2n) is 8.71. The van der Waals surface area contributed by atoms with E-state index >= 15 is 0 Å². The summed E-state index contributed by atoms with van der Waals surface area (Å²) in [4.78, 5) is 30.6. The lowest BCUT2D eigenvalue weighted by molar-refractivity contribution is -0.121. The van der Waals surface area contributed by atoms with Crippen LogP contribution in [0.25, 0.3) is 6.08 Å². The molecule has 1 N–H and O–H groups in total. The maximum atomic E-state index is 13.0. The van der Waals surface area contributed by atoms with E-state index in [-0.39, 0.29) is 18.1 Å². The van der Waals surface area contributed by atoms with Crippen LogP contribution >= 0.6 is 11.8 Å². The molecule has 1 heterocycles. The molecule has 0 bridgehead atoms. The Labute approximate surface area is 236 Å². The maximum absolute atomic E-state index is 13.0. The predicted octanol–water partition coefficient (Wildman–Crippen LogP) is 6.20. The largest absolute Gasteiger partial charge is 0.490 e. The lowest BCUT2D eigenvalue weighted by Gasteiger charge is -2.17. The molecular formula is C31H27N3O5S. The minimum absolute atomic E-state index is 0.162. The summed E-state index contributed by atoms with van der Waals surface area (Å²) < 4.78 is 12.1. The highest BCUT2D eigenvalue weighted by molar-refractivity contribution is 8.18. The Morgan fingerprint density at radius 1 is 1.15 bits per heavy atom. The van der Waals surface area contributed by atoms with Crippen molar-refractivity contribution in [1.82, 2.24) is 4.90 Å². The summed E-state index contributed by atoms with van der Waals surface area (Å²) in [5.74, 6) is -0.134. The Morgan fingerprint density at radius 2 is 1.90 bits per heavy atom. The highest BCUT2D eigenvalue weighted by atomic mass is 32.2. The number of nitriles is 1. The van der Waals surface area contributed by atoms with Gasteiger partial charge in [0.25, 0.3) is 5.91 Å². The molecular weight excluding hydrogens is 526 g/mol. The summed E-state index contributed by atoms with van der Waals surface area (Å²) >= 11 is 1.23. The zero-order valence-electron chi connectivity index (χ0n) is 22.1. The number of carboxylic acids is 1. The van der Waals surface area contributed by atoms with Gasteiger partial charge in [0.05, 0.1) is 34.4 Å². The van der Waals surface area contributed by atoms with E-state index in [1.807, 2.05) is 37.3 Å². The molecule has 9 heteroatoms. The maximum Gasteiger partial charge on any atom is 0.335 e. The number of likely N-dealkylation sites (N-methyl/N-ethyl adjacent to an activating group) is 1. The molecule has 1 fully saturated rings. The quantitative estimate of drug-likeness (QED) is 0.235. The smallest absolute Gasteiger partial charge is 0.335 e. The Bertz CT molecular complexity index is 1550. The molecule has 202 valence electrons. The summed E-state index contributed by atoms with van der Waals surface area (Å²) in [6.07, 6.45) is 4.05. The lowest BCUT2D eigenvalue weighted by atomic mass is 10.0. The first-order chi connectivity index (χ1) is 19.3. The van der Waals surface area contributed by atoms with Crippen molar-refractivity contribution < 1.29 is 24.2 Å². The zero-order chi connectivity index (χ0) is 28.6. The molecule has 1 amide bonds. The van der Waals surface area contributed by atoms with Gasteiger partial charge in [0.2, 0.25) is 0 Å². The number of ether oxygens (including phenoxy) is 2. The van der Waals surface area contributed by atoms with Gasteiger partial charge >= 0.3 is 5.97 Å². The molecule has 0 saturated carbocycles. The number of benzene rings is 3. The monoisotopic (exact) mass is 553 g/mol. The van der Waals surface area contributed by atoms with Crippen LogP contribution in [-0.2, 0) is 17.8 Å². The third kappa shape index (κ3) is 6.42. The van der Waals surface area contributed by atoms with E-state index in [1.165, 1.54) is 28.8 Å². The number of amides is 1. The summed E-state index contributed by atoms with van der Waals surface area (Å²) in [5, 5.41) is 19.0. The minimum atomic E-state index is -1.02. The lowest BCUT2D eigenvalue weighted by Crippen LogP contribution is -2.23. The van der Waals surface area contributed by atoms with E-state index < -0.39 is 5.97 Å². The third-order valence-corrected chi connectivity index (χ3v) is 7.03. The van der Waals surface area contributed by atoms with Crippen molar-refractivity contribution >= 4 is 40.6 Å². The fourth-order valence-electron chi connectivity index (χ4n) is 4.00. The van der Waals surface area contributed by atoms with Crippen LogP contribution < -0.4 is 9.47 Å². The molecule has 3 aromatic rings. The molecule has 8 nitrogen and oxygen atoms in total. The van der Waals surface area contributed by atoms with Crippen molar-refractivity contribution in [3.63, 3.8) is 0 Å². The zero-order valence-corrected chi connectivity index (χ0v) is 22.9. The number of hydrogen-bond acceptors (Lipinski definition) is 7. The second kappa shape index (κ2) is 12.8. The predicted molar refractivity (Wildman–Crippen MR) is 156 cm³/mol. The highest BCUT2D eigenvalue weighted by Crippen LogP contribution is 2.38. The average molecular weight is 554 g/mol. The second-order valence-corrected chi connectivity index (χ2v) is 9.72. The Hall–Kier alpha value is -4.81. The molecule has 1 saturated heterocycles. The number of thioether (sulfide) groups is 1. The van der Waals surface area contributed by atoms with E-state index in [1.54, 1.807) is 37.4 Å². The normalized spacial score (nSPS) is 14.8. The van der Waals surface area contributed by atoms with Crippen LogP contribution in [0.4, 0.5) is 5.69 Å². The number of nitrogens with zero attached hydrogens (tertiary/aromatic N) is 3. The van der Waals surface area contributed by atoms with E-state index in [2.05, 4.69) is 17.6 Å². The number of carboxylic acid groups (broad SMARTS) is 1. The van der Waals surface area contributed by atoms with Crippen molar-refractivity contribution in [2.24, 2.45) is 4.99 Å². The number of allylic oxidation sites excluding steroid dienone is 1. The SMILES string of the molecule is C=CCc1cc(C=C2SC(=Nc3ccc(C(=O)O)cc3)N(C)C2=O)cc(OCC)c1OCc1ccccc1C#N. The number of aromatic carboxylic acids is 1. The molecule has 3 aromatic carbocycles. The molecule has 0 aromatic heterocycles. The number of hydrogen-bond donors (Lipinski definition) is 1. The van der Waals surface area contributed by atoms with Crippen LogP contribution in [-0.4, -0.2) is 40.7 Å². The van der Waals surface area contributed by atoms with Crippen LogP contribution in [0.5, 0.6) is 11.5 Å². The average Bonchev–Trinajstić information content (AvgIpc) is 3.20. The minimum Gasteiger partial charge on any atom is -0.490 e. The Balaban J connectivity index is 1.64. The van der Waals surface area contributed by atoms with Crippen LogP contribution in [0.3, 0.4) is 0 Å². The Kier molecular flexibility index (Phi) is 9.04. The standard InChI is InChI=1S/C31H27N3O5S/c1-4-8-22-15-20(16-26(38-5-2)28(22)39-19-24-10-7-6-9-23(24)18-32)17-27-29(35)34(3)31(40-27)33-25-13-11-21(12-14-25)30(36)37/h4,6-7,9-17H,1,5,8,19H2,2-3H3,(H,36,37). The topological polar surface area (TPSA) is 112 Å². The van der Waals surface area contributed by atoms with E-state index in [4.69, 9.17) is 14.6 Å². The van der Waals surface area contributed by atoms with Gasteiger partial charge in [-0.05, 0) is 79.2 Å². The van der Waals surface area contributed by atoms with Gasteiger partial charge in [-0.2, -0.15) is 5.26 Å². The number of aliphatic imine (C=N–C) groups is 1. The number of carbonyl (C=O) groups excluding carboxylic acids is 1. The van der Waals surface area contributed by atoms with E-state index in [0.717, 1.165) is 16.7 Å². The van der Waals surface area contributed by atoms with E-state index in [0.29, 0.717) is 45.9 Å². The fraction of sp³-hybridized carbons (Fsp3) is 0.161. The van der Waals surface area contributed by atoms with Gasteiger partial charge in [-0.25, -0.2) is 9.79 Å². The number of amidine groups is 1. The number of rotatable bonds is 10. The molecule has 0 atom stereocenters. The first-order valence-electron chi connectivity index (χ1n) is 12.5. The summed E-state index contributed by atoms with van der Waals surface area (Å²) in [5.41, 5.74) is 3.60. The van der Waals surface area contributed by atoms with Crippen molar-refractivity contribution in [2.75, 3.05) is 13.7 Å². The van der Waals surface area contributed by atoms with Gasteiger partial charge in [-0.1, -0.05) is 24.3 Å². The first kappa shape index (κ1) is 28.2. The van der Waals surface area contributed by atoms with Crippen LogP contribution in [0.1, 0.15) is 39.5 Å². The number of carbonyl (C=O) groups is 2. The van der Waals surface area contributed by atoms with Gasteiger partial charge in [0.15, 0.2) is 16.7 Å².